The third-order valence-electron chi connectivity index (χ3n) is 3.53. The van der Waals surface area contributed by atoms with Gasteiger partial charge in [-0.05, 0) is 60.2 Å². The second kappa shape index (κ2) is 5.64. The van der Waals surface area contributed by atoms with E-state index in [1.54, 1.807) is 0 Å². The van der Waals surface area contributed by atoms with Gasteiger partial charge in [-0.2, -0.15) is 0 Å². The highest BCUT2D eigenvalue weighted by Gasteiger charge is 2.12. The van der Waals surface area contributed by atoms with E-state index in [9.17, 15) is 0 Å². The van der Waals surface area contributed by atoms with Crippen LogP contribution in [0.3, 0.4) is 0 Å². The molecule has 0 atom stereocenters. The van der Waals surface area contributed by atoms with Crippen LogP contribution in [0.4, 0.5) is 0 Å². The van der Waals surface area contributed by atoms with Gasteiger partial charge in [0, 0.05) is 8.95 Å². The molecule has 0 aliphatic heterocycles. The molecule has 0 radical (unpaired) electrons. The third kappa shape index (κ3) is 3.18. The summed E-state index contributed by atoms with van der Waals surface area (Å²) < 4.78 is 2.32. The van der Waals surface area contributed by atoms with Crippen LogP contribution in [0.15, 0.2) is 57.0 Å². The molecule has 2 aromatic rings. The van der Waals surface area contributed by atoms with Crippen LogP contribution >= 0.6 is 31.9 Å². The molecule has 0 spiro atoms. The summed E-state index contributed by atoms with van der Waals surface area (Å²) in [6.45, 7) is 0. The lowest BCUT2D eigenvalue weighted by Gasteiger charge is -2.03. The van der Waals surface area contributed by atoms with Crippen LogP contribution in [0.1, 0.15) is 23.1 Å². The van der Waals surface area contributed by atoms with Crippen molar-refractivity contribution in [2.24, 2.45) is 0 Å². The van der Waals surface area contributed by atoms with E-state index in [0.29, 0.717) is 0 Å². The average Bonchev–Trinajstić information content (AvgIpc) is 2.80. The molecule has 0 fully saturated rings. The first-order valence-electron chi connectivity index (χ1n) is 6.43. The van der Waals surface area contributed by atoms with Gasteiger partial charge in [0.05, 0.1) is 0 Å². The zero-order valence-corrected chi connectivity index (χ0v) is 13.7. The van der Waals surface area contributed by atoms with E-state index in [-0.39, 0.29) is 0 Å². The Hall–Kier alpha value is -0.860. The highest BCUT2D eigenvalue weighted by atomic mass is 79.9. The zero-order valence-electron chi connectivity index (χ0n) is 10.5. The highest BCUT2D eigenvalue weighted by Crippen LogP contribution is 2.30. The topological polar surface area (TPSA) is 0 Å². The first-order chi connectivity index (χ1) is 9.20. The minimum absolute atomic E-state index is 1.10. The van der Waals surface area contributed by atoms with Crippen LogP contribution in [0.2, 0.25) is 0 Å². The van der Waals surface area contributed by atoms with E-state index in [1.165, 1.54) is 26.7 Å². The first-order valence-corrected chi connectivity index (χ1v) is 8.01. The molecule has 19 heavy (non-hydrogen) atoms. The molecule has 0 amide bonds. The lowest BCUT2D eigenvalue weighted by Crippen LogP contribution is -1.90. The van der Waals surface area contributed by atoms with Gasteiger partial charge in [0.1, 0.15) is 0 Å². The number of rotatable bonds is 3. The van der Waals surface area contributed by atoms with Crippen LogP contribution in [-0.4, -0.2) is 0 Å². The second-order valence-electron chi connectivity index (χ2n) is 4.95. The molecule has 2 heteroatoms. The van der Waals surface area contributed by atoms with Crippen molar-refractivity contribution in [1.82, 2.24) is 0 Å². The van der Waals surface area contributed by atoms with Crippen molar-refractivity contribution in [3.63, 3.8) is 0 Å². The van der Waals surface area contributed by atoms with Gasteiger partial charge in [0.2, 0.25) is 0 Å². The smallest absolute Gasteiger partial charge is 0.0178 e. The van der Waals surface area contributed by atoms with E-state index in [4.69, 9.17) is 0 Å². The third-order valence-corrected chi connectivity index (χ3v) is 4.55. The molecular formula is C17H14Br2. The van der Waals surface area contributed by atoms with E-state index in [2.05, 4.69) is 80.4 Å². The van der Waals surface area contributed by atoms with Gasteiger partial charge in [-0.15, -0.1) is 0 Å². The average molecular weight is 378 g/mol. The summed E-state index contributed by atoms with van der Waals surface area (Å²) in [6.07, 6.45) is 5.72. The molecule has 0 heterocycles. The Morgan fingerprint density at radius 2 is 1.58 bits per heavy atom. The number of aryl methyl sites for hydroxylation is 1. The lowest BCUT2D eigenvalue weighted by molar-refractivity contribution is 0.917. The summed E-state index contributed by atoms with van der Waals surface area (Å²) in [4.78, 5) is 0. The van der Waals surface area contributed by atoms with Crippen molar-refractivity contribution in [3.8, 4) is 0 Å². The van der Waals surface area contributed by atoms with Gasteiger partial charge in [-0.1, -0.05) is 61.7 Å². The van der Waals surface area contributed by atoms with E-state index >= 15 is 0 Å². The molecule has 96 valence electrons. The Bertz CT molecular complexity index is 624. The van der Waals surface area contributed by atoms with Crippen molar-refractivity contribution in [1.29, 1.82) is 0 Å². The summed E-state index contributed by atoms with van der Waals surface area (Å²) in [7, 11) is 0. The zero-order chi connectivity index (χ0) is 13.2. The largest absolute Gasteiger partial charge is 0.0649 e. The maximum absolute atomic E-state index is 3.54. The SMILES string of the molecule is Brc1ccc(CCC2=Cc3ccc(Br)cc3C2)cc1. The minimum Gasteiger partial charge on any atom is -0.0649 e. The van der Waals surface area contributed by atoms with Gasteiger partial charge in [-0.25, -0.2) is 0 Å². The Morgan fingerprint density at radius 1 is 0.842 bits per heavy atom. The molecular weight excluding hydrogens is 364 g/mol. The van der Waals surface area contributed by atoms with E-state index < -0.39 is 0 Å². The summed E-state index contributed by atoms with van der Waals surface area (Å²) in [5, 5.41) is 0. The molecule has 0 saturated carbocycles. The monoisotopic (exact) mass is 376 g/mol. The van der Waals surface area contributed by atoms with Gasteiger partial charge in [-0.3, -0.25) is 0 Å². The van der Waals surface area contributed by atoms with Crippen LogP contribution in [-0.2, 0) is 12.8 Å². The Balaban J connectivity index is 1.65. The Morgan fingerprint density at radius 3 is 2.37 bits per heavy atom. The predicted molar refractivity (Wildman–Crippen MR) is 88.3 cm³/mol. The second-order valence-corrected chi connectivity index (χ2v) is 6.78. The molecule has 0 aromatic heterocycles. The molecule has 2 aromatic carbocycles. The summed E-state index contributed by atoms with van der Waals surface area (Å²) >= 11 is 7.01. The molecule has 0 bridgehead atoms. The minimum atomic E-state index is 1.10. The number of fused-ring (bicyclic) bond motifs is 1. The van der Waals surface area contributed by atoms with Crippen molar-refractivity contribution >= 4 is 37.9 Å². The summed E-state index contributed by atoms with van der Waals surface area (Å²) in [5.41, 5.74) is 5.77. The van der Waals surface area contributed by atoms with Gasteiger partial charge in [0.15, 0.2) is 0 Å². The highest BCUT2D eigenvalue weighted by molar-refractivity contribution is 9.10. The molecule has 0 unspecified atom stereocenters. The van der Waals surface area contributed by atoms with Crippen molar-refractivity contribution in [3.05, 3.63) is 73.7 Å². The molecule has 1 aliphatic carbocycles. The fourth-order valence-corrected chi connectivity index (χ4v) is 3.17. The van der Waals surface area contributed by atoms with Crippen molar-refractivity contribution in [2.75, 3.05) is 0 Å². The van der Waals surface area contributed by atoms with Gasteiger partial charge >= 0.3 is 0 Å². The molecule has 3 rings (SSSR count). The maximum atomic E-state index is 3.54. The Labute approximate surface area is 130 Å². The normalized spacial score (nSPS) is 13.3. The van der Waals surface area contributed by atoms with Gasteiger partial charge < -0.3 is 0 Å². The number of benzene rings is 2. The van der Waals surface area contributed by atoms with Crippen molar-refractivity contribution in [2.45, 2.75) is 19.3 Å². The number of halogens is 2. The first kappa shape index (κ1) is 13.1. The molecule has 0 nitrogen and oxygen atoms in total. The van der Waals surface area contributed by atoms with Gasteiger partial charge in [0.25, 0.3) is 0 Å². The Kier molecular flexibility index (Phi) is 3.90. The number of hydrogen-bond donors (Lipinski definition) is 0. The van der Waals surface area contributed by atoms with Crippen LogP contribution < -0.4 is 0 Å². The van der Waals surface area contributed by atoms with E-state index in [0.717, 1.165) is 23.7 Å². The van der Waals surface area contributed by atoms with Crippen LogP contribution in [0.25, 0.3) is 6.08 Å². The molecule has 0 saturated heterocycles. The fourth-order valence-electron chi connectivity index (χ4n) is 2.50. The summed E-state index contributed by atoms with van der Waals surface area (Å²) in [6, 6.07) is 15.2. The van der Waals surface area contributed by atoms with Crippen molar-refractivity contribution < 1.29 is 0 Å². The predicted octanol–water partition coefficient (Wildman–Crippen LogP) is 5.78. The quantitative estimate of drug-likeness (QED) is 0.635. The lowest BCUT2D eigenvalue weighted by atomic mass is 10.0. The maximum Gasteiger partial charge on any atom is 0.0178 e. The molecule has 1 aliphatic rings. The van der Waals surface area contributed by atoms with Crippen LogP contribution in [0.5, 0.6) is 0 Å². The fraction of sp³-hybridized carbons (Fsp3) is 0.176. The number of hydrogen-bond acceptors (Lipinski definition) is 0. The van der Waals surface area contributed by atoms with E-state index in [1.807, 2.05) is 0 Å². The number of allylic oxidation sites excluding steroid dienone is 1. The van der Waals surface area contributed by atoms with Crippen LogP contribution in [0, 0.1) is 0 Å². The standard InChI is InChI=1S/C17H14Br2/c18-16-6-3-12(4-7-16)1-2-13-9-14-5-8-17(19)11-15(14)10-13/h3-9,11H,1-2,10H2. The summed E-state index contributed by atoms with van der Waals surface area (Å²) in [5.74, 6) is 0. The molecule has 0 N–H and O–H groups in total.